The number of ether oxygens (including phenoxy) is 1. The van der Waals surface area contributed by atoms with Crippen LogP contribution in [0.25, 0.3) is 0 Å². The monoisotopic (exact) mass is 289 g/mol. The van der Waals surface area contributed by atoms with Crippen LogP contribution in [-0.4, -0.2) is 36.0 Å². The largest absolute Gasteiger partial charge is 0.433 e. The molecule has 2 rings (SSSR count). The molecule has 1 N–H and O–H groups in total. The lowest BCUT2D eigenvalue weighted by Crippen LogP contribution is -2.08. The third-order valence-corrected chi connectivity index (χ3v) is 2.76. The molecule has 0 atom stereocenters. The van der Waals surface area contributed by atoms with Crippen LogP contribution in [0.4, 0.5) is 17.2 Å². The van der Waals surface area contributed by atoms with Crippen molar-refractivity contribution in [3.63, 3.8) is 0 Å². The molecule has 0 spiro atoms. The molecule has 0 aliphatic heterocycles. The summed E-state index contributed by atoms with van der Waals surface area (Å²) in [7, 11) is 5.34. The fourth-order valence-corrected chi connectivity index (χ4v) is 1.72. The van der Waals surface area contributed by atoms with Gasteiger partial charge in [-0.25, -0.2) is 4.98 Å². The normalized spacial score (nSPS) is 10.0. The smallest absolute Gasteiger partial charge is 0.373 e. The third-order valence-electron chi connectivity index (χ3n) is 2.76. The van der Waals surface area contributed by atoms with Crippen LogP contribution in [0.15, 0.2) is 30.6 Å². The van der Waals surface area contributed by atoms with Gasteiger partial charge in [0.05, 0.1) is 4.92 Å². The Balaban J connectivity index is 2.40. The number of benzene rings is 1. The minimum atomic E-state index is -0.572. The number of nitrogens with one attached hydrogen (secondary N) is 1. The highest BCUT2D eigenvalue weighted by atomic mass is 16.6. The molecule has 0 radical (unpaired) electrons. The first-order chi connectivity index (χ1) is 10.0. The molecule has 8 heteroatoms. The summed E-state index contributed by atoms with van der Waals surface area (Å²) < 4.78 is 5.54. The second-order valence-electron chi connectivity index (χ2n) is 4.38. The van der Waals surface area contributed by atoms with E-state index in [0.29, 0.717) is 5.75 Å². The van der Waals surface area contributed by atoms with E-state index in [4.69, 9.17) is 4.74 Å². The van der Waals surface area contributed by atoms with E-state index in [1.165, 1.54) is 6.33 Å². The van der Waals surface area contributed by atoms with Crippen molar-refractivity contribution in [1.82, 2.24) is 9.97 Å². The molecule has 1 aromatic carbocycles. The Morgan fingerprint density at radius 2 is 2.10 bits per heavy atom. The van der Waals surface area contributed by atoms with Gasteiger partial charge in [0.1, 0.15) is 12.1 Å². The van der Waals surface area contributed by atoms with Crippen LogP contribution in [0.1, 0.15) is 0 Å². The van der Waals surface area contributed by atoms with E-state index in [0.717, 1.165) is 5.69 Å². The molecular formula is C13H15N5O3. The Kier molecular flexibility index (Phi) is 4.17. The molecule has 2 aromatic rings. The van der Waals surface area contributed by atoms with Gasteiger partial charge in [0.25, 0.3) is 0 Å². The van der Waals surface area contributed by atoms with Crippen LogP contribution in [-0.2, 0) is 0 Å². The molecule has 8 nitrogen and oxygen atoms in total. The molecular weight excluding hydrogens is 274 g/mol. The average Bonchev–Trinajstić information content (AvgIpc) is 2.46. The molecule has 1 aromatic heterocycles. The fraction of sp³-hybridized carbons (Fsp3) is 0.231. The minimum absolute atomic E-state index is 0.102. The number of anilines is 2. The Morgan fingerprint density at radius 3 is 2.71 bits per heavy atom. The van der Waals surface area contributed by atoms with Crippen molar-refractivity contribution >= 4 is 17.2 Å². The van der Waals surface area contributed by atoms with Gasteiger partial charge in [-0.2, -0.15) is 4.98 Å². The number of nitrogens with zero attached hydrogens (tertiary/aromatic N) is 4. The molecule has 0 unspecified atom stereocenters. The summed E-state index contributed by atoms with van der Waals surface area (Å²) in [4.78, 5) is 20.2. The lowest BCUT2D eigenvalue weighted by molar-refractivity contribution is -0.385. The minimum Gasteiger partial charge on any atom is -0.433 e. The van der Waals surface area contributed by atoms with Gasteiger partial charge < -0.3 is 15.0 Å². The van der Waals surface area contributed by atoms with Crippen molar-refractivity contribution < 1.29 is 9.66 Å². The molecule has 110 valence electrons. The van der Waals surface area contributed by atoms with E-state index < -0.39 is 4.92 Å². The highest BCUT2D eigenvalue weighted by Crippen LogP contribution is 2.34. The van der Waals surface area contributed by atoms with E-state index in [2.05, 4.69) is 15.3 Å². The Labute approximate surface area is 121 Å². The predicted octanol–water partition coefficient (Wildman–Crippen LogP) is 2.28. The number of hydrogen-bond acceptors (Lipinski definition) is 7. The Hall–Kier alpha value is -2.90. The first-order valence-corrected chi connectivity index (χ1v) is 6.15. The molecule has 0 bridgehead atoms. The molecule has 0 saturated carbocycles. The predicted molar refractivity (Wildman–Crippen MR) is 79.1 cm³/mol. The quantitative estimate of drug-likeness (QED) is 0.666. The van der Waals surface area contributed by atoms with Gasteiger partial charge in [0.2, 0.25) is 5.82 Å². The third kappa shape index (κ3) is 3.16. The van der Waals surface area contributed by atoms with Crippen LogP contribution in [0.5, 0.6) is 11.6 Å². The van der Waals surface area contributed by atoms with Crippen molar-refractivity contribution in [2.75, 3.05) is 31.4 Å². The molecule has 0 fully saturated rings. The first-order valence-electron chi connectivity index (χ1n) is 6.15. The van der Waals surface area contributed by atoms with E-state index >= 15 is 0 Å². The van der Waals surface area contributed by atoms with Crippen LogP contribution in [0.3, 0.4) is 0 Å². The van der Waals surface area contributed by atoms with E-state index in [-0.39, 0.29) is 17.4 Å². The van der Waals surface area contributed by atoms with E-state index in [1.54, 1.807) is 25.2 Å². The van der Waals surface area contributed by atoms with Crippen LogP contribution in [0, 0.1) is 10.1 Å². The summed E-state index contributed by atoms with van der Waals surface area (Å²) >= 11 is 0. The second-order valence-corrected chi connectivity index (χ2v) is 4.38. The van der Waals surface area contributed by atoms with E-state index in [1.807, 2.05) is 25.1 Å². The maximum absolute atomic E-state index is 11.2. The number of rotatable bonds is 5. The highest BCUT2D eigenvalue weighted by molar-refractivity contribution is 5.61. The lowest BCUT2D eigenvalue weighted by Gasteiger charge is -2.13. The van der Waals surface area contributed by atoms with Gasteiger partial charge in [-0.3, -0.25) is 10.1 Å². The van der Waals surface area contributed by atoms with Crippen LogP contribution < -0.4 is 15.0 Å². The summed E-state index contributed by atoms with van der Waals surface area (Å²) in [5, 5.41) is 13.8. The average molecular weight is 289 g/mol. The van der Waals surface area contributed by atoms with Crippen molar-refractivity contribution in [3.05, 3.63) is 40.7 Å². The zero-order valence-corrected chi connectivity index (χ0v) is 11.9. The molecule has 0 aliphatic carbocycles. The summed E-state index contributed by atoms with van der Waals surface area (Å²) in [6.07, 6.45) is 1.21. The SMILES string of the molecule is CNc1ncnc(Oc2cccc(N(C)C)c2)c1[N+](=O)[O-]. The van der Waals surface area contributed by atoms with Gasteiger partial charge in [0.15, 0.2) is 0 Å². The van der Waals surface area contributed by atoms with Crippen molar-refractivity contribution in [2.45, 2.75) is 0 Å². The van der Waals surface area contributed by atoms with E-state index in [9.17, 15) is 10.1 Å². The molecule has 21 heavy (non-hydrogen) atoms. The standard InChI is InChI=1S/C13H15N5O3/c1-14-12-11(18(19)20)13(16-8-15-12)21-10-6-4-5-9(7-10)17(2)3/h4-8H,1-3H3,(H,14,15,16). The van der Waals surface area contributed by atoms with Crippen LogP contribution in [0.2, 0.25) is 0 Å². The number of nitro groups is 1. The highest BCUT2D eigenvalue weighted by Gasteiger charge is 2.24. The zero-order chi connectivity index (χ0) is 15.4. The Morgan fingerprint density at radius 1 is 1.33 bits per heavy atom. The molecule has 1 heterocycles. The fourth-order valence-electron chi connectivity index (χ4n) is 1.72. The maximum Gasteiger partial charge on any atom is 0.373 e. The zero-order valence-electron chi connectivity index (χ0n) is 11.9. The molecule has 0 saturated heterocycles. The maximum atomic E-state index is 11.2. The van der Waals surface area contributed by atoms with Gasteiger partial charge in [-0.1, -0.05) is 6.07 Å². The van der Waals surface area contributed by atoms with Crippen molar-refractivity contribution in [2.24, 2.45) is 0 Å². The summed E-state index contributed by atoms with van der Waals surface area (Å²) in [6, 6.07) is 7.18. The van der Waals surface area contributed by atoms with Crippen molar-refractivity contribution in [3.8, 4) is 11.6 Å². The van der Waals surface area contributed by atoms with Gasteiger partial charge in [-0.05, 0) is 12.1 Å². The topological polar surface area (TPSA) is 93.4 Å². The van der Waals surface area contributed by atoms with Crippen molar-refractivity contribution in [1.29, 1.82) is 0 Å². The van der Waals surface area contributed by atoms with Crippen LogP contribution >= 0.6 is 0 Å². The second kappa shape index (κ2) is 6.04. The van der Waals surface area contributed by atoms with Gasteiger partial charge in [0, 0.05) is 32.9 Å². The Bertz CT molecular complexity index is 660. The molecule has 0 amide bonds. The number of aromatic nitrogens is 2. The summed E-state index contributed by atoms with van der Waals surface area (Å²) in [6.45, 7) is 0. The van der Waals surface area contributed by atoms with Gasteiger partial charge in [-0.15, -0.1) is 0 Å². The van der Waals surface area contributed by atoms with Gasteiger partial charge >= 0.3 is 11.6 Å². The first kappa shape index (κ1) is 14.5. The summed E-state index contributed by atoms with van der Waals surface area (Å²) in [5.74, 6) is 0.467. The molecule has 0 aliphatic rings. The summed E-state index contributed by atoms with van der Waals surface area (Å²) in [5.41, 5.74) is 0.619. The lowest BCUT2D eigenvalue weighted by atomic mass is 10.3. The number of hydrogen-bond donors (Lipinski definition) is 1.